The van der Waals surface area contributed by atoms with Crippen LogP contribution in [0.3, 0.4) is 0 Å². The lowest BCUT2D eigenvalue weighted by molar-refractivity contribution is -0.737. The molecule has 0 aromatic rings. The minimum atomic E-state index is 0.569. The first-order valence-corrected chi connectivity index (χ1v) is 6.42. The molecule has 1 amide bonds. The van der Waals surface area contributed by atoms with E-state index in [1.165, 1.54) is 12.8 Å². The second kappa shape index (κ2) is 6.26. The van der Waals surface area contributed by atoms with Crippen molar-refractivity contribution in [3.8, 4) is 0 Å². The Kier molecular flexibility index (Phi) is 6.11. The van der Waals surface area contributed by atoms with E-state index in [9.17, 15) is 4.79 Å². The quantitative estimate of drug-likeness (QED) is 0.390. The van der Waals surface area contributed by atoms with Gasteiger partial charge in [0.05, 0.1) is 6.54 Å². The van der Waals surface area contributed by atoms with Crippen LogP contribution >= 0.6 is 0 Å². The number of hydrogen-bond acceptors (Lipinski definition) is 1. The molecule has 0 N–H and O–H groups in total. The van der Waals surface area contributed by atoms with Gasteiger partial charge in [-0.25, -0.2) is 9.28 Å². The van der Waals surface area contributed by atoms with Crippen molar-refractivity contribution >= 4 is 6.41 Å². The average molecular weight is 214 g/mol. The summed E-state index contributed by atoms with van der Waals surface area (Å²) in [6, 6.07) is 1.18. The van der Waals surface area contributed by atoms with Crippen molar-refractivity contribution in [2.45, 2.75) is 66.5 Å². The Labute approximate surface area is 95.2 Å². The number of nitrogens with zero attached hydrogens (tertiary/aromatic N) is 1. The van der Waals surface area contributed by atoms with Crippen LogP contribution < -0.4 is 0 Å². The highest BCUT2D eigenvalue weighted by atomic mass is 16.2. The number of carbonyl (C=O) groups is 1. The van der Waals surface area contributed by atoms with Crippen LogP contribution in [0.25, 0.3) is 0 Å². The van der Waals surface area contributed by atoms with Gasteiger partial charge in [0, 0.05) is 6.42 Å². The Morgan fingerprint density at radius 1 is 1.33 bits per heavy atom. The molecule has 0 radical (unpaired) electrons. The molecule has 0 bridgehead atoms. The highest BCUT2D eigenvalue weighted by molar-refractivity contribution is 5.42. The summed E-state index contributed by atoms with van der Waals surface area (Å²) < 4.78 is 0.731. The first-order valence-electron chi connectivity index (χ1n) is 6.42. The lowest BCUT2D eigenvalue weighted by Gasteiger charge is -2.12. The molecule has 2 nitrogen and oxygen atoms in total. The van der Waals surface area contributed by atoms with Crippen LogP contribution in [0.2, 0.25) is 0 Å². The number of amides is 1. The zero-order chi connectivity index (χ0) is 12.1. The van der Waals surface area contributed by atoms with Crippen LogP contribution in [0.15, 0.2) is 0 Å². The topological polar surface area (TPSA) is 17.1 Å². The average Bonchev–Trinajstić information content (AvgIpc) is 2.76. The van der Waals surface area contributed by atoms with Gasteiger partial charge in [-0.2, -0.15) is 0 Å². The normalized spacial score (nSPS) is 33.3. The predicted molar refractivity (Wildman–Crippen MR) is 65.5 cm³/mol. The van der Waals surface area contributed by atoms with Crippen molar-refractivity contribution in [3.05, 3.63) is 0 Å². The van der Waals surface area contributed by atoms with Crippen LogP contribution in [-0.4, -0.2) is 29.5 Å². The van der Waals surface area contributed by atoms with E-state index in [0.717, 1.165) is 17.4 Å². The lowest BCUT2D eigenvalue weighted by Crippen LogP contribution is -2.30. The summed E-state index contributed by atoms with van der Waals surface area (Å²) in [5, 5.41) is 0. The third-order valence-electron chi connectivity index (χ3n) is 3.36. The molecule has 1 fully saturated rings. The standard InChI is InChI=1S/C11H22NO.C2H6/c1-5-6-12(8-13)10(4)11(12)7-9(2)3;1-2/h8-11H,5-7H2,1-4H3;1-2H3/q+1;. The molecule has 1 heterocycles. The predicted octanol–water partition coefficient (Wildman–Crippen LogP) is 3.21. The molecule has 0 spiro atoms. The molecule has 1 aliphatic heterocycles. The zero-order valence-electron chi connectivity index (χ0n) is 11.3. The van der Waals surface area contributed by atoms with Gasteiger partial charge in [0.1, 0.15) is 12.1 Å². The SMILES string of the molecule is CC.CCC[N+]1(C=O)C(C)C1CC(C)C. The lowest BCUT2D eigenvalue weighted by atomic mass is 10.1. The van der Waals surface area contributed by atoms with Gasteiger partial charge in [0.25, 0.3) is 0 Å². The summed E-state index contributed by atoms with van der Waals surface area (Å²) in [5.41, 5.74) is 0. The van der Waals surface area contributed by atoms with Crippen molar-refractivity contribution < 1.29 is 9.28 Å². The van der Waals surface area contributed by atoms with Crippen molar-refractivity contribution in [2.24, 2.45) is 5.92 Å². The van der Waals surface area contributed by atoms with Crippen molar-refractivity contribution in [2.75, 3.05) is 6.54 Å². The molecule has 1 aliphatic rings. The van der Waals surface area contributed by atoms with E-state index >= 15 is 0 Å². The molecule has 0 saturated carbocycles. The highest BCUT2D eigenvalue weighted by Gasteiger charge is 2.62. The molecule has 0 aromatic carbocycles. The molecule has 3 unspecified atom stereocenters. The molecule has 90 valence electrons. The summed E-state index contributed by atoms with van der Waals surface area (Å²) in [7, 11) is 0. The monoisotopic (exact) mass is 214 g/mol. The number of hydrogen-bond donors (Lipinski definition) is 0. The highest BCUT2D eigenvalue weighted by Crippen LogP contribution is 2.41. The molecular weight excluding hydrogens is 186 g/mol. The molecule has 3 atom stereocenters. The van der Waals surface area contributed by atoms with Crippen molar-refractivity contribution in [1.29, 1.82) is 0 Å². The zero-order valence-corrected chi connectivity index (χ0v) is 11.3. The summed E-state index contributed by atoms with van der Waals surface area (Å²) >= 11 is 0. The Hall–Kier alpha value is -0.370. The molecule has 1 saturated heterocycles. The van der Waals surface area contributed by atoms with E-state index in [-0.39, 0.29) is 0 Å². The van der Waals surface area contributed by atoms with Crippen molar-refractivity contribution in [1.82, 2.24) is 0 Å². The smallest absolute Gasteiger partial charge is 0.249 e. The van der Waals surface area contributed by atoms with E-state index in [0.29, 0.717) is 18.0 Å². The number of rotatable bonds is 5. The maximum Gasteiger partial charge on any atom is 0.302 e. The van der Waals surface area contributed by atoms with Gasteiger partial charge in [-0.05, 0) is 19.3 Å². The number of quaternary nitrogens is 1. The summed E-state index contributed by atoms with van der Waals surface area (Å²) in [6.45, 7) is 13.9. The Morgan fingerprint density at radius 2 is 1.87 bits per heavy atom. The fourth-order valence-electron chi connectivity index (χ4n) is 2.52. The van der Waals surface area contributed by atoms with Gasteiger partial charge in [0.2, 0.25) is 0 Å². The van der Waals surface area contributed by atoms with Crippen LogP contribution in [-0.2, 0) is 4.79 Å². The summed E-state index contributed by atoms with van der Waals surface area (Å²) in [4.78, 5) is 11.1. The minimum absolute atomic E-state index is 0.569. The van der Waals surface area contributed by atoms with Gasteiger partial charge in [-0.1, -0.05) is 34.6 Å². The van der Waals surface area contributed by atoms with Gasteiger partial charge >= 0.3 is 6.41 Å². The summed E-state index contributed by atoms with van der Waals surface area (Å²) in [6.07, 6.45) is 3.47. The fourth-order valence-corrected chi connectivity index (χ4v) is 2.52. The van der Waals surface area contributed by atoms with Crippen LogP contribution in [0, 0.1) is 5.92 Å². The van der Waals surface area contributed by atoms with E-state index in [1.807, 2.05) is 13.8 Å². The molecular formula is C13H28NO+. The maximum atomic E-state index is 11.1. The van der Waals surface area contributed by atoms with E-state index in [4.69, 9.17) is 0 Å². The van der Waals surface area contributed by atoms with E-state index in [1.54, 1.807) is 0 Å². The molecule has 2 heteroatoms. The fraction of sp³-hybridized carbons (Fsp3) is 0.923. The second-order valence-electron chi connectivity index (χ2n) is 4.76. The van der Waals surface area contributed by atoms with E-state index in [2.05, 4.69) is 27.7 Å². The molecule has 0 aliphatic carbocycles. The largest absolute Gasteiger partial charge is 0.302 e. The minimum Gasteiger partial charge on any atom is -0.249 e. The van der Waals surface area contributed by atoms with Crippen LogP contribution in [0.5, 0.6) is 0 Å². The van der Waals surface area contributed by atoms with Gasteiger partial charge in [-0.15, -0.1) is 0 Å². The van der Waals surface area contributed by atoms with Gasteiger partial charge in [0.15, 0.2) is 0 Å². The Bertz CT molecular complexity index is 191. The Morgan fingerprint density at radius 3 is 2.20 bits per heavy atom. The third-order valence-corrected chi connectivity index (χ3v) is 3.36. The van der Waals surface area contributed by atoms with Crippen LogP contribution in [0.4, 0.5) is 0 Å². The van der Waals surface area contributed by atoms with Crippen LogP contribution in [0.1, 0.15) is 54.4 Å². The second-order valence-corrected chi connectivity index (χ2v) is 4.76. The first-order chi connectivity index (χ1) is 7.08. The Balaban J connectivity index is 0.000000921. The van der Waals surface area contributed by atoms with Gasteiger partial charge in [-0.3, -0.25) is 0 Å². The van der Waals surface area contributed by atoms with Crippen molar-refractivity contribution in [3.63, 3.8) is 0 Å². The molecule has 1 rings (SSSR count). The van der Waals surface area contributed by atoms with Gasteiger partial charge < -0.3 is 0 Å². The first kappa shape index (κ1) is 14.6. The third kappa shape index (κ3) is 3.04. The summed E-state index contributed by atoms with van der Waals surface area (Å²) in [5.74, 6) is 0.712. The van der Waals surface area contributed by atoms with E-state index < -0.39 is 0 Å². The molecule has 0 aromatic heterocycles. The number of carbonyl (C=O) groups excluding carboxylic acids is 1. The maximum absolute atomic E-state index is 11.1. The molecule has 15 heavy (non-hydrogen) atoms.